The molecule has 26 heavy (non-hydrogen) atoms. The Kier molecular flexibility index (Phi) is 5.80. The molecule has 1 heterocycles. The van der Waals surface area contributed by atoms with Crippen molar-refractivity contribution in [2.75, 3.05) is 11.9 Å². The van der Waals surface area contributed by atoms with E-state index in [0.29, 0.717) is 29.4 Å². The molecular weight excluding hydrogens is 350 g/mol. The van der Waals surface area contributed by atoms with Crippen LogP contribution >= 0.6 is 11.3 Å². The van der Waals surface area contributed by atoms with Crippen LogP contribution < -0.4 is 14.8 Å². The molecule has 7 heteroatoms. The van der Waals surface area contributed by atoms with E-state index in [4.69, 9.17) is 14.7 Å². The molecule has 3 rings (SSSR count). The summed E-state index contributed by atoms with van der Waals surface area (Å²) in [5, 5.41) is 13.5. The van der Waals surface area contributed by atoms with E-state index in [9.17, 15) is 4.79 Å². The fourth-order valence-corrected chi connectivity index (χ4v) is 2.66. The highest BCUT2D eigenvalue weighted by atomic mass is 32.1. The number of nitrogens with one attached hydrogen (secondary N) is 1. The van der Waals surface area contributed by atoms with Crippen LogP contribution in [0, 0.1) is 11.3 Å². The fraction of sp³-hybridized carbons (Fsp3) is 0.105. The minimum atomic E-state index is -0.306. The van der Waals surface area contributed by atoms with Crippen molar-refractivity contribution in [1.29, 1.82) is 5.26 Å². The van der Waals surface area contributed by atoms with Gasteiger partial charge < -0.3 is 14.8 Å². The number of thiazole rings is 1. The molecule has 0 radical (unpaired) electrons. The number of anilines is 1. The second kappa shape index (κ2) is 8.65. The molecular formula is C19H15N3O3S. The molecule has 0 fully saturated rings. The van der Waals surface area contributed by atoms with Gasteiger partial charge >= 0.3 is 0 Å². The van der Waals surface area contributed by atoms with Gasteiger partial charge in [0, 0.05) is 5.38 Å². The first-order chi connectivity index (χ1) is 12.7. The van der Waals surface area contributed by atoms with Crippen LogP contribution in [0.1, 0.15) is 11.3 Å². The first-order valence-corrected chi connectivity index (χ1v) is 8.70. The third-order valence-corrected chi connectivity index (χ3v) is 4.01. The highest BCUT2D eigenvalue weighted by Crippen LogP contribution is 2.24. The lowest BCUT2D eigenvalue weighted by Gasteiger charge is -2.12. The molecule has 0 saturated carbocycles. The minimum Gasteiger partial charge on any atom is -0.485 e. The maximum Gasteiger partial charge on any atom is 0.262 e. The number of hydrogen-bond acceptors (Lipinski definition) is 6. The van der Waals surface area contributed by atoms with Gasteiger partial charge in [-0.15, -0.1) is 11.3 Å². The fourth-order valence-electron chi connectivity index (χ4n) is 2.12. The zero-order valence-electron chi connectivity index (χ0n) is 13.7. The van der Waals surface area contributed by atoms with Crippen molar-refractivity contribution >= 4 is 22.9 Å². The Morgan fingerprint density at radius 1 is 1.15 bits per heavy atom. The van der Waals surface area contributed by atoms with Crippen LogP contribution in [-0.2, 0) is 11.4 Å². The molecule has 0 unspecified atom stereocenters. The monoisotopic (exact) mass is 365 g/mol. The van der Waals surface area contributed by atoms with E-state index in [1.807, 2.05) is 23.6 Å². The molecule has 1 aromatic heterocycles. The number of amides is 1. The van der Waals surface area contributed by atoms with Gasteiger partial charge in [-0.25, -0.2) is 4.98 Å². The largest absolute Gasteiger partial charge is 0.485 e. The number of para-hydroxylation sites is 2. The zero-order valence-corrected chi connectivity index (χ0v) is 14.5. The van der Waals surface area contributed by atoms with Gasteiger partial charge in [0.25, 0.3) is 5.91 Å². The van der Waals surface area contributed by atoms with E-state index in [0.717, 1.165) is 5.69 Å². The van der Waals surface area contributed by atoms with Crippen LogP contribution in [0.3, 0.4) is 0 Å². The number of rotatable bonds is 7. The molecule has 1 N–H and O–H groups in total. The lowest BCUT2D eigenvalue weighted by atomic mass is 10.2. The molecule has 0 bridgehead atoms. The average molecular weight is 365 g/mol. The van der Waals surface area contributed by atoms with Crippen molar-refractivity contribution in [2.24, 2.45) is 0 Å². The number of ether oxygens (including phenoxy) is 2. The molecule has 3 aromatic rings. The molecule has 1 amide bonds. The Morgan fingerprint density at radius 2 is 1.96 bits per heavy atom. The summed E-state index contributed by atoms with van der Waals surface area (Å²) >= 11 is 1.50. The van der Waals surface area contributed by atoms with Crippen molar-refractivity contribution in [1.82, 2.24) is 4.98 Å². The number of nitrogens with zero attached hydrogens (tertiary/aromatic N) is 2. The maximum atomic E-state index is 12.1. The van der Waals surface area contributed by atoms with Gasteiger partial charge in [-0.3, -0.25) is 4.79 Å². The SMILES string of the molecule is N#Cc1ccc(OCC(=O)Nc2ccccc2OCc2cscn2)cc1. The van der Waals surface area contributed by atoms with E-state index in [1.54, 1.807) is 41.9 Å². The van der Waals surface area contributed by atoms with Crippen molar-refractivity contribution in [3.63, 3.8) is 0 Å². The lowest BCUT2D eigenvalue weighted by molar-refractivity contribution is -0.118. The summed E-state index contributed by atoms with van der Waals surface area (Å²) in [6.45, 7) is 0.185. The molecule has 0 spiro atoms. The number of aromatic nitrogens is 1. The van der Waals surface area contributed by atoms with Crippen LogP contribution in [0.4, 0.5) is 5.69 Å². The third-order valence-electron chi connectivity index (χ3n) is 3.37. The molecule has 0 saturated heterocycles. The topological polar surface area (TPSA) is 84.2 Å². The predicted molar refractivity (Wildman–Crippen MR) is 98.2 cm³/mol. The van der Waals surface area contributed by atoms with Gasteiger partial charge in [0.1, 0.15) is 18.1 Å². The van der Waals surface area contributed by atoms with Crippen LogP contribution in [0.15, 0.2) is 59.4 Å². The summed E-state index contributed by atoms with van der Waals surface area (Å²) in [5.41, 5.74) is 3.68. The van der Waals surface area contributed by atoms with E-state index in [-0.39, 0.29) is 12.5 Å². The first-order valence-electron chi connectivity index (χ1n) is 7.76. The minimum absolute atomic E-state index is 0.147. The Balaban J connectivity index is 1.55. The van der Waals surface area contributed by atoms with Gasteiger partial charge in [0.05, 0.1) is 28.5 Å². The molecule has 0 aliphatic heterocycles. The number of nitriles is 1. The average Bonchev–Trinajstić information content (AvgIpc) is 3.20. The van der Waals surface area contributed by atoms with E-state index in [1.165, 1.54) is 11.3 Å². The van der Waals surface area contributed by atoms with E-state index < -0.39 is 0 Å². The highest BCUT2D eigenvalue weighted by molar-refractivity contribution is 7.07. The van der Waals surface area contributed by atoms with Crippen molar-refractivity contribution in [3.8, 4) is 17.6 Å². The van der Waals surface area contributed by atoms with Crippen molar-refractivity contribution < 1.29 is 14.3 Å². The summed E-state index contributed by atoms with van der Waals surface area (Å²) in [4.78, 5) is 16.3. The zero-order chi connectivity index (χ0) is 18.2. The van der Waals surface area contributed by atoms with Gasteiger partial charge in [0.2, 0.25) is 0 Å². The summed E-state index contributed by atoms with van der Waals surface area (Å²) in [6.07, 6.45) is 0. The highest BCUT2D eigenvalue weighted by Gasteiger charge is 2.09. The lowest BCUT2D eigenvalue weighted by Crippen LogP contribution is -2.20. The van der Waals surface area contributed by atoms with Crippen LogP contribution in [0.2, 0.25) is 0 Å². The Hall–Kier alpha value is -3.37. The summed E-state index contributed by atoms with van der Waals surface area (Å²) in [7, 11) is 0. The number of carbonyl (C=O) groups excluding carboxylic acids is 1. The Labute approximate surface area is 154 Å². The van der Waals surface area contributed by atoms with Crippen LogP contribution in [0.5, 0.6) is 11.5 Å². The molecule has 6 nitrogen and oxygen atoms in total. The Bertz CT molecular complexity index is 903. The standard InChI is InChI=1S/C19H15N3O3S/c20-9-14-5-7-16(8-6-14)24-11-19(23)22-17-3-1-2-4-18(17)25-10-15-12-26-13-21-15/h1-8,12-13H,10-11H2,(H,22,23). The molecule has 0 aliphatic carbocycles. The second-order valence-corrected chi connectivity index (χ2v) is 5.96. The quantitative estimate of drug-likeness (QED) is 0.691. The molecule has 0 atom stereocenters. The van der Waals surface area contributed by atoms with Crippen molar-refractivity contribution in [3.05, 3.63) is 70.7 Å². The van der Waals surface area contributed by atoms with Gasteiger partial charge in [0.15, 0.2) is 6.61 Å². The normalized spacial score (nSPS) is 9.96. The van der Waals surface area contributed by atoms with Crippen LogP contribution in [0.25, 0.3) is 0 Å². The van der Waals surface area contributed by atoms with Gasteiger partial charge in [-0.05, 0) is 36.4 Å². The first kappa shape index (κ1) is 17.5. The van der Waals surface area contributed by atoms with E-state index in [2.05, 4.69) is 10.3 Å². The van der Waals surface area contributed by atoms with Gasteiger partial charge in [-0.2, -0.15) is 5.26 Å². The smallest absolute Gasteiger partial charge is 0.262 e. The number of carbonyl (C=O) groups is 1. The number of hydrogen-bond donors (Lipinski definition) is 1. The summed E-state index contributed by atoms with van der Waals surface area (Å²) < 4.78 is 11.2. The summed E-state index contributed by atoms with van der Waals surface area (Å²) in [6, 6.07) is 15.8. The van der Waals surface area contributed by atoms with Crippen LogP contribution in [-0.4, -0.2) is 17.5 Å². The molecule has 0 aliphatic rings. The second-order valence-electron chi connectivity index (χ2n) is 5.24. The maximum absolute atomic E-state index is 12.1. The predicted octanol–water partition coefficient (Wildman–Crippen LogP) is 3.61. The van der Waals surface area contributed by atoms with E-state index >= 15 is 0 Å². The third kappa shape index (κ3) is 4.82. The molecule has 130 valence electrons. The Morgan fingerprint density at radius 3 is 2.69 bits per heavy atom. The summed E-state index contributed by atoms with van der Waals surface area (Å²) in [5.74, 6) is 0.776. The molecule has 2 aromatic carbocycles. The number of benzene rings is 2. The van der Waals surface area contributed by atoms with Crippen molar-refractivity contribution in [2.45, 2.75) is 6.61 Å². The van der Waals surface area contributed by atoms with Gasteiger partial charge in [-0.1, -0.05) is 12.1 Å².